The normalized spacial score (nSPS) is 37.5. The van der Waals surface area contributed by atoms with E-state index in [4.69, 9.17) is 5.73 Å². The van der Waals surface area contributed by atoms with E-state index in [0.29, 0.717) is 12.6 Å². The second-order valence-corrected chi connectivity index (χ2v) is 4.28. The zero-order valence-corrected chi connectivity index (χ0v) is 7.78. The van der Waals surface area contributed by atoms with E-state index in [2.05, 4.69) is 6.92 Å². The molecule has 3 atom stereocenters. The van der Waals surface area contributed by atoms with Gasteiger partial charge in [-0.3, -0.25) is 10.5 Å². The molecular formula is C7H15N2OS+. The first-order valence-corrected chi connectivity index (χ1v) is 4.88. The van der Waals surface area contributed by atoms with Gasteiger partial charge in [0.1, 0.15) is 6.54 Å². The van der Waals surface area contributed by atoms with E-state index < -0.39 is 0 Å². The molecule has 3 N–H and O–H groups in total. The fraction of sp³-hybridized carbons (Fsp3) is 0.857. The molecule has 3 nitrogen and oxygen atoms in total. The fourth-order valence-corrected chi connectivity index (χ4v) is 2.54. The molecular weight excluding hydrogens is 160 g/mol. The quantitative estimate of drug-likeness (QED) is 0.556. The van der Waals surface area contributed by atoms with Crippen LogP contribution in [0.1, 0.15) is 13.8 Å². The lowest BCUT2D eigenvalue weighted by atomic mass is 10.3. The highest BCUT2D eigenvalue weighted by Crippen LogP contribution is 2.08. The molecule has 3 unspecified atom stereocenters. The Labute approximate surface area is 71.3 Å². The Morgan fingerprint density at radius 3 is 2.82 bits per heavy atom. The van der Waals surface area contributed by atoms with Crippen LogP contribution in [0.4, 0.5) is 0 Å². The van der Waals surface area contributed by atoms with Crippen molar-refractivity contribution in [2.24, 2.45) is 5.73 Å². The number of rotatable bonds is 2. The van der Waals surface area contributed by atoms with Crippen molar-refractivity contribution in [3.63, 3.8) is 0 Å². The Balaban J connectivity index is 2.47. The zero-order chi connectivity index (χ0) is 8.43. The third kappa shape index (κ3) is 2.18. The lowest BCUT2D eigenvalue weighted by Crippen LogP contribution is -3.18. The summed E-state index contributed by atoms with van der Waals surface area (Å²) in [6.07, 6.45) is 0. The highest BCUT2D eigenvalue weighted by molar-refractivity contribution is 7.99. The molecule has 0 aromatic heterocycles. The monoisotopic (exact) mass is 175 g/mol. The molecule has 0 aromatic rings. The van der Waals surface area contributed by atoms with Crippen molar-refractivity contribution in [2.45, 2.75) is 25.4 Å². The molecule has 0 saturated carbocycles. The summed E-state index contributed by atoms with van der Waals surface area (Å²) in [5, 5.41) is 0. The predicted molar refractivity (Wildman–Crippen MR) is 46.4 cm³/mol. The molecule has 11 heavy (non-hydrogen) atoms. The highest BCUT2D eigenvalue weighted by Gasteiger charge is 2.32. The van der Waals surface area contributed by atoms with Crippen molar-refractivity contribution in [1.82, 2.24) is 0 Å². The molecule has 0 amide bonds. The first kappa shape index (κ1) is 9.03. The minimum atomic E-state index is 0.105. The molecule has 1 aliphatic rings. The van der Waals surface area contributed by atoms with E-state index >= 15 is 0 Å². The Hall–Kier alpha value is -0.0600. The topological polar surface area (TPSA) is 47.5 Å². The van der Waals surface area contributed by atoms with Gasteiger partial charge in [0.05, 0.1) is 11.8 Å². The number of nitrogens with one attached hydrogen (secondary N) is 1. The zero-order valence-electron chi connectivity index (χ0n) is 6.96. The number of carbonyl (C=O) groups is 1. The molecule has 1 fully saturated rings. The van der Waals surface area contributed by atoms with Gasteiger partial charge >= 0.3 is 0 Å². The van der Waals surface area contributed by atoms with E-state index in [1.165, 1.54) is 4.90 Å². The van der Waals surface area contributed by atoms with E-state index in [-0.39, 0.29) is 11.3 Å². The van der Waals surface area contributed by atoms with Gasteiger partial charge in [-0.25, -0.2) is 0 Å². The molecule has 1 saturated heterocycles. The van der Waals surface area contributed by atoms with Crippen molar-refractivity contribution < 1.29 is 9.69 Å². The van der Waals surface area contributed by atoms with Crippen molar-refractivity contribution in [2.75, 3.05) is 12.3 Å². The van der Waals surface area contributed by atoms with Crippen LogP contribution in [0.25, 0.3) is 0 Å². The molecule has 0 aliphatic carbocycles. The maximum atomic E-state index is 10.8. The third-order valence-electron chi connectivity index (χ3n) is 1.98. The predicted octanol–water partition coefficient (Wildman–Crippen LogP) is -1.16. The molecule has 1 heterocycles. The van der Waals surface area contributed by atoms with Gasteiger partial charge in [0.2, 0.25) is 0 Å². The standard InChI is InChI=1S/C7H14N2OS/c1-5-4-11-7(8)9(5)3-6(2)10/h5,7H,3-4,8H2,1-2H3/p+1. The largest absolute Gasteiger partial charge is 0.302 e. The number of ketones is 1. The Morgan fingerprint density at radius 2 is 2.45 bits per heavy atom. The van der Waals surface area contributed by atoms with E-state index in [1.54, 1.807) is 18.7 Å². The number of hydrogen-bond acceptors (Lipinski definition) is 3. The number of nitrogens with two attached hydrogens (primary N) is 1. The van der Waals surface area contributed by atoms with E-state index in [0.717, 1.165) is 5.75 Å². The van der Waals surface area contributed by atoms with Gasteiger partial charge in [-0.2, -0.15) is 0 Å². The van der Waals surface area contributed by atoms with Crippen LogP contribution >= 0.6 is 11.8 Å². The average molecular weight is 175 g/mol. The van der Waals surface area contributed by atoms with Gasteiger partial charge in [0.15, 0.2) is 11.3 Å². The van der Waals surface area contributed by atoms with Gasteiger partial charge in [-0.15, -0.1) is 0 Å². The number of carbonyl (C=O) groups excluding carboxylic acids is 1. The van der Waals surface area contributed by atoms with Crippen LogP contribution in [0.2, 0.25) is 0 Å². The van der Waals surface area contributed by atoms with Crippen molar-refractivity contribution in [3.05, 3.63) is 0 Å². The summed E-state index contributed by atoms with van der Waals surface area (Å²) in [5.74, 6) is 1.30. The van der Waals surface area contributed by atoms with Gasteiger partial charge in [0.25, 0.3) is 0 Å². The lowest BCUT2D eigenvalue weighted by molar-refractivity contribution is -0.917. The van der Waals surface area contributed by atoms with Crippen LogP contribution in [0.3, 0.4) is 0 Å². The van der Waals surface area contributed by atoms with Gasteiger partial charge in [-0.05, 0) is 6.92 Å². The summed E-state index contributed by atoms with van der Waals surface area (Å²) >= 11 is 1.74. The number of Topliss-reactive ketones (excluding diaryl/α,β-unsaturated/α-hetero) is 1. The van der Waals surface area contributed by atoms with Crippen molar-refractivity contribution in [1.29, 1.82) is 0 Å². The second-order valence-electron chi connectivity index (χ2n) is 3.11. The smallest absolute Gasteiger partial charge is 0.187 e. The minimum Gasteiger partial charge on any atom is -0.302 e. The summed E-state index contributed by atoms with van der Waals surface area (Å²) in [7, 11) is 0. The minimum absolute atomic E-state index is 0.105. The molecule has 1 aliphatic heterocycles. The fourth-order valence-electron chi connectivity index (χ4n) is 1.30. The van der Waals surface area contributed by atoms with Crippen LogP contribution in [0.5, 0.6) is 0 Å². The van der Waals surface area contributed by atoms with Crippen LogP contribution in [-0.4, -0.2) is 29.6 Å². The third-order valence-corrected chi connectivity index (χ3v) is 3.33. The Kier molecular flexibility index (Phi) is 2.92. The summed E-state index contributed by atoms with van der Waals surface area (Å²) in [5.41, 5.74) is 5.90. The van der Waals surface area contributed by atoms with Crippen LogP contribution in [-0.2, 0) is 4.79 Å². The van der Waals surface area contributed by atoms with Gasteiger partial charge in [-0.1, -0.05) is 11.8 Å². The number of hydrogen-bond donors (Lipinski definition) is 2. The molecule has 0 radical (unpaired) electrons. The van der Waals surface area contributed by atoms with Crippen molar-refractivity contribution >= 4 is 17.5 Å². The van der Waals surface area contributed by atoms with Crippen LogP contribution in [0.15, 0.2) is 0 Å². The van der Waals surface area contributed by atoms with E-state index in [9.17, 15) is 4.79 Å². The SMILES string of the molecule is CC(=O)C[NH+]1C(C)CSC1N. The summed E-state index contributed by atoms with van der Waals surface area (Å²) in [6.45, 7) is 4.34. The van der Waals surface area contributed by atoms with Gasteiger partial charge < -0.3 is 4.90 Å². The number of thioether (sulfide) groups is 1. The van der Waals surface area contributed by atoms with Crippen LogP contribution in [0, 0.1) is 0 Å². The summed E-state index contributed by atoms with van der Waals surface area (Å²) in [4.78, 5) is 12.0. The van der Waals surface area contributed by atoms with E-state index in [1.807, 2.05) is 0 Å². The Morgan fingerprint density at radius 1 is 1.82 bits per heavy atom. The van der Waals surface area contributed by atoms with Gasteiger partial charge in [0, 0.05) is 6.92 Å². The molecule has 1 rings (SSSR count). The number of quaternary nitrogens is 1. The average Bonchev–Trinajstić information content (AvgIpc) is 2.18. The molecule has 0 bridgehead atoms. The molecule has 0 aromatic carbocycles. The summed E-state index contributed by atoms with van der Waals surface area (Å²) < 4.78 is 0. The highest BCUT2D eigenvalue weighted by atomic mass is 32.2. The maximum absolute atomic E-state index is 10.8. The molecule has 4 heteroatoms. The summed E-state index contributed by atoms with van der Waals surface area (Å²) in [6, 6.07) is 0.527. The molecule has 0 spiro atoms. The maximum Gasteiger partial charge on any atom is 0.187 e. The molecule has 64 valence electrons. The second kappa shape index (κ2) is 3.56. The van der Waals surface area contributed by atoms with Crippen LogP contribution < -0.4 is 10.6 Å². The lowest BCUT2D eigenvalue weighted by Gasteiger charge is -2.19. The first-order valence-electron chi connectivity index (χ1n) is 3.83. The first-order chi connectivity index (χ1) is 5.11. The Bertz CT molecular complexity index is 153. The van der Waals surface area contributed by atoms with Crippen molar-refractivity contribution in [3.8, 4) is 0 Å².